The van der Waals surface area contributed by atoms with Crippen molar-refractivity contribution >= 4 is 24.2 Å². The molecule has 0 aliphatic carbocycles. The molecule has 0 bridgehead atoms. The number of piperidine rings is 1. The van der Waals surface area contributed by atoms with E-state index in [1.807, 2.05) is 6.92 Å². The number of ether oxygens (including phenoxy) is 1. The minimum atomic E-state index is -0.734. The van der Waals surface area contributed by atoms with Gasteiger partial charge in [-0.25, -0.2) is 0 Å². The molecule has 1 aliphatic heterocycles. The summed E-state index contributed by atoms with van der Waals surface area (Å²) in [5.74, 6) is -0.321. The second-order valence-electron chi connectivity index (χ2n) is 5.15. The van der Waals surface area contributed by atoms with Crippen molar-refractivity contribution in [3.63, 3.8) is 0 Å². The number of rotatable bonds is 5. The fourth-order valence-electron chi connectivity index (χ4n) is 2.51. The molecule has 2 N–H and O–H groups in total. The van der Waals surface area contributed by atoms with Crippen LogP contribution in [0.1, 0.15) is 19.8 Å². The molecule has 0 radical (unpaired) electrons. The van der Waals surface area contributed by atoms with E-state index in [-0.39, 0.29) is 30.1 Å². The topological polar surface area (TPSA) is 70.7 Å². The number of carbonyl (C=O) groups is 2. The molecule has 0 aromatic carbocycles. The average molecular weight is 308 g/mol. The van der Waals surface area contributed by atoms with E-state index in [0.29, 0.717) is 19.4 Å². The zero-order chi connectivity index (χ0) is 14.5. The van der Waals surface area contributed by atoms with E-state index in [1.165, 1.54) is 0 Å². The van der Waals surface area contributed by atoms with Gasteiger partial charge in [0, 0.05) is 27.7 Å². The van der Waals surface area contributed by atoms with Gasteiger partial charge in [-0.2, -0.15) is 0 Å². The number of halogens is 1. The summed E-state index contributed by atoms with van der Waals surface area (Å²) in [6, 6.07) is 0. The molecular formula is C13H26ClN3O3. The number of hydrogen-bond donors (Lipinski definition) is 2. The van der Waals surface area contributed by atoms with E-state index in [1.54, 1.807) is 26.1 Å². The first-order valence-corrected chi connectivity index (χ1v) is 6.70. The number of likely N-dealkylation sites (N-methyl/N-ethyl adjacent to an activating group) is 1. The number of amides is 2. The minimum Gasteiger partial charge on any atom is -0.368 e. The molecule has 0 aromatic heterocycles. The third-order valence-electron chi connectivity index (χ3n) is 3.78. The van der Waals surface area contributed by atoms with Gasteiger partial charge in [0.2, 0.25) is 5.91 Å². The Labute approximate surface area is 127 Å². The number of nitrogens with zero attached hydrogens (tertiary/aromatic N) is 1. The van der Waals surface area contributed by atoms with E-state index in [0.717, 1.165) is 13.1 Å². The number of methoxy groups -OCH3 is 1. The van der Waals surface area contributed by atoms with Crippen molar-refractivity contribution in [1.29, 1.82) is 0 Å². The van der Waals surface area contributed by atoms with Gasteiger partial charge in [-0.3, -0.25) is 9.59 Å². The molecule has 0 spiro atoms. The molecule has 1 unspecified atom stereocenters. The Morgan fingerprint density at radius 2 is 1.95 bits per heavy atom. The normalized spacial score (nSPS) is 18.6. The summed E-state index contributed by atoms with van der Waals surface area (Å²) in [5, 5.41) is 5.81. The van der Waals surface area contributed by atoms with Crippen LogP contribution in [-0.2, 0) is 14.3 Å². The zero-order valence-electron chi connectivity index (χ0n) is 12.7. The predicted octanol–water partition coefficient (Wildman–Crippen LogP) is 0.0173. The van der Waals surface area contributed by atoms with E-state index < -0.39 is 5.60 Å². The van der Waals surface area contributed by atoms with Gasteiger partial charge in [-0.05, 0) is 25.9 Å². The Hall–Kier alpha value is -0.850. The third kappa shape index (κ3) is 4.33. The van der Waals surface area contributed by atoms with Gasteiger partial charge in [0.1, 0.15) is 5.60 Å². The summed E-state index contributed by atoms with van der Waals surface area (Å²) in [4.78, 5) is 25.7. The highest BCUT2D eigenvalue weighted by atomic mass is 35.5. The second-order valence-corrected chi connectivity index (χ2v) is 5.15. The van der Waals surface area contributed by atoms with Gasteiger partial charge in [0.25, 0.3) is 5.91 Å². The number of hydrogen-bond acceptors (Lipinski definition) is 4. The largest absolute Gasteiger partial charge is 0.368 e. The predicted molar refractivity (Wildman–Crippen MR) is 80.0 cm³/mol. The highest BCUT2D eigenvalue weighted by Gasteiger charge is 2.41. The first-order valence-electron chi connectivity index (χ1n) is 6.70. The highest BCUT2D eigenvalue weighted by Crippen LogP contribution is 2.25. The van der Waals surface area contributed by atoms with Crippen LogP contribution in [0.3, 0.4) is 0 Å². The minimum absolute atomic E-state index is 0. The number of nitrogens with one attached hydrogen (secondary N) is 2. The summed E-state index contributed by atoms with van der Waals surface area (Å²) in [6.45, 7) is 3.76. The highest BCUT2D eigenvalue weighted by molar-refractivity contribution is 5.86. The summed E-state index contributed by atoms with van der Waals surface area (Å²) in [6.07, 6.45) is 1.34. The first-order chi connectivity index (χ1) is 8.96. The lowest BCUT2D eigenvalue weighted by Gasteiger charge is -2.38. The zero-order valence-corrected chi connectivity index (χ0v) is 13.5. The van der Waals surface area contributed by atoms with E-state index in [2.05, 4.69) is 10.6 Å². The molecule has 1 saturated heterocycles. The van der Waals surface area contributed by atoms with Crippen LogP contribution in [0.5, 0.6) is 0 Å². The van der Waals surface area contributed by atoms with Crippen LogP contribution in [0.15, 0.2) is 0 Å². The Morgan fingerprint density at radius 1 is 1.40 bits per heavy atom. The van der Waals surface area contributed by atoms with Crippen LogP contribution in [0.25, 0.3) is 0 Å². The molecule has 1 rings (SSSR count). The lowest BCUT2D eigenvalue weighted by molar-refractivity contribution is -0.157. The van der Waals surface area contributed by atoms with Crippen molar-refractivity contribution in [1.82, 2.24) is 15.5 Å². The van der Waals surface area contributed by atoms with E-state index in [4.69, 9.17) is 4.74 Å². The summed E-state index contributed by atoms with van der Waals surface area (Å²) in [7, 11) is 4.91. The van der Waals surface area contributed by atoms with Gasteiger partial charge in [0.15, 0.2) is 0 Å². The van der Waals surface area contributed by atoms with Crippen LogP contribution in [0, 0.1) is 5.92 Å². The molecule has 1 fully saturated rings. The summed E-state index contributed by atoms with van der Waals surface area (Å²) >= 11 is 0. The molecule has 2 amide bonds. The Morgan fingerprint density at radius 3 is 2.40 bits per heavy atom. The van der Waals surface area contributed by atoms with Crippen LogP contribution in [0.2, 0.25) is 0 Å². The van der Waals surface area contributed by atoms with Crippen molar-refractivity contribution in [3.8, 4) is 0 Å². The quantitative estimate of drug-likeness (QED) is 0.751. The molecule has 20 heavy (non-hydrogen) atoms. The maximum atomic E-state index is 12.5. The van der Waals surface area contributed by atoms with Crippen molar-refractivity contribution in [3.05, 3.63) is 0 Å². The molecule has 1 heterocycles. The van der Waals surface area contributed by atoms with Gasteiger partial charge in [0.05, 0.1) is 5.92 Å². The smallest absolute Gasteiger partial charge is 0.254 e. The fourth-order valence-corrected chi connectivity index (χ4v) is 2.51. The first kappa shape index (κ1) is 19.1. The van der Waals surface area contributed by atoms with Crippen molar-refractivity contribution in [2.24, 2.45) is 5.92 Å². The Kier molecular flexibility index (Phi) is 8.08. The summed E-state index contributed by atoms with van der Waals surface area (Å²) in [5.41, 5.74) is -0.734. The molecular weight excluding hydrogens is 282 g/mol. The van der Waals surface area contributed by atoms with Crippen molar-refractivity contribution < 1.29 is 14.3 Å². The lowest BCUT2D eigenvalue weighted by atomic mass is 9.90. The number of carbonyl (C=O) groups excluding carboxylic acids is 2. The molecule has 0 aromatic rings. The van der Waals surface area contributed by atoms with Gasteiger partial charge >= 0.3 is 0 Å². The van der Waals surface area contributed by atoms with Crippen LogP contribution < -0.4 is 10.6 Å². The van der Waals surface area contributed by atoms with Crippen molar-refractivity contribution in [2.75, 3.05) is 40.8 Å². The summed E-state index contributed by atoms with van der Waals surface area (Å²) < 4.78 is 5.50. The standard InChI is InChI=1S/C13H25N3O3.ClH/c1-10(11(17)14-2)9-16(3)12(18)13(19-4)5-7-15-8-6-13;/h10,15H,5-9H2,1-4H3,(H,14,17);1H. The molecule has 118 valence electrons. The van der Waals surface area contributed by atoms with E-state index >= 15 is 0 Å². The lowest BCUT2D eigenvalue weighted by Crippen LogP contribution is -2.55. The maximum absolute atomic E-state index is 12.5. The van der Waals surface area contributed by atoms with Crippen LogP contribution in [0.4, 0.5) is 0 Å². The Balaban J connectivity index is 0.00000361. The van der Waals surface area contributed by atoms with Gasteiger partial charge in [-0.15, -0.1) is 12.4 Å². The second kappa shape index (κ2) is 8.44. The Bertz CT molecular complexity index is 333. The third-order valence-corrected chi connectivity index (χ3v) is 3.78. The average Bonchev–Trinajstić information content (AvgIpc) is 2.45. The molecule has 7 heteroatoms. The molecule has 1 aliphatic rings. The van der Waals surface area contributed by atoms with Gasteiger partial charge < -0.3 is 20.3 Å². The maximum Gasteiger partial charge on any atom is 0.254 e. The van der Waals surface area contributed by atoms with Crippen LogP contribution in [-0.4, -0.2) is 63.2 Å². The SMILES string of the molecule is CNC(=O)C(C)CN(C)C(=O)C1(OC)CCNCC1.Cl. The monoisotopic (exact) mass is 307 g/mol. The molecule has 1 atom stereocenters. The molecule has 6 nitrogen and oxygen atoms in total. The van der Waals surface area contributed by atoms with Crippen LogP contribution >= 0.6 is 12.4 Å². The molecule has 0 saturated carbocycles. The van der Waals surface area contributed by atoms with Gasteiger partial charge in [-0.1, -0.05) is 6.92 Å². The van der Waals surface area contributed by atoms with Crippen molar-refractivity contribution in [2.45, 2.75) is 25.4 Å². The fraction of sp³-hybridized carbons (Fsp3) is 0.846. The van der Waals surface area contributed by atoms with E-state index in [9.17, 15) is 9.59 Å².